The van der Waals surface area contributed by atoms with Crippen molar-refractivity contribution in [1.82, 2.24) is 4.90 Å². The average Bonchev–Trinajstić information content (AvgIpc) is 2.41. The third-order valence-corrected chi connectivity index (χ3v) is 2.98. The topological polar surface area (TPSA) is 34.1 Å². The first-order chi connectivity index (χ1) is 8.69. The Balaban J connectivity index is 1.91. The molecule has 1 unspecified atom stereocenters. The maximum Gasteiger partial charge on any atom is 0.197 e. The van der Waals surface area contributed by atoms with E-state index in [1.807, 2.05) is 37.5 Å². The molecule has 1 aliphatic rings. The summed E-state index contributed by atoms with van der Waals surface area (Å²) in [5, 5.41) is 0. The number of aliphatic imine (C=N–C) groups is 1. The van der Waals surface area contributed by atoms with Crippen molar-refractivity contribution in [1.29, 1.82) is 0 Å². The maximum absolute atomic E-state index is 5.90. The zero-order valence-corrected chi connectivity index (χ0v) is 11.1. The van der Waals surface area contributed by atoms with Crippen LogP contribution in [0.5, 0.6) is 5.75 Å². The quantitative estimate of drug-likeness (QED) is 0.621. The number of alkyl halides is 1. The molecule has 1 aromatic rings. The second-order valence-corrected chi connectivity index (χ2v) is 4.31. The number of halogens is 1. The van der Waals surface area contributed by atoms with Gasteiger partial charge in [0.25, 0.3) is 0 Å². The van der Waals surface area contributed by atoms with Crippen LogP contribution in [0.15, 0.2) is 41.2 Å². The summed E-state index contributed by atoms with van der Waals surface area (Å²) in [6.07, 6.45) is 3.47. The van der Waals surface area contributed by atoms with Gasteiger partial charge in [-0.15, -0.1) is 0 Å². The number of benzene rings is 1. The SMILES string of the molecule is COc1ccc(COC2=CN(C)C(Cl)N=C2)cc1. The molecular weight excluding hydrogens is 252 g/mol. The van der Waals surface area contributed by atoms with E-state index in [9.17, 15) is 0 Å². The zero-order valence-electron chi connectivity index (χ0n) is 10.3. The molecular formula is C13H15ClN2O2. The molecule has 1 aromatic carbocycles. The predicted octanol–water partition coefficient (Wildman–Crippen LogP) is 2.59. The van der Waals surface area contributed by atoms with Gasteiger partial charge in [0.1, 0.15) is 12.4 Å². The molecule has 0 amide bonds. The van der Waals surface area contributed by atoms with Crippen molar-refractivity contribution in [2.45, 2.75) is 12.2 Å². The normalized spacial score (nSPS) is 18.5. The summed E-state index contributed by atoms with van der Waals surface area (Å²) in [5.41, 5.74) is 0.721. The molecule has 1 heterocycles. The van der Waals surface area contributed by atoms with Crippen molar-refractivity contribution in [3.05, 3.63) is 41.8 Å². The van der Waals surface area contributed by atoms with E-state index in [1.165, 1.54) is 0 Å². The van der Waals surface area contributed by atoms with Gasteiger partial charge < -0.3 is 14.4 Å². The van der Waals surface area contributed by atoms with E-state index in [-0.39, 0.29) is 5.62 Å². The lowest BCUT2D eigenvalue weighted by Crippen LogP contribution is -2.24. The number of allylic oxidation sites excluding steroid dienone is 1. The average molecular weight is 267 g/mol. The molecule has 0 N–H and O–H groups in total. The fourth-order valence-corrected chi connectivity index (χ4v) is 1.61. The van der Waals surface area contributed by atoms with Crippen LogP contribution >= 0.6 is 11.6 Å². The smallest absolute Gasteiger partial charge is 0.197 e. The van der Waals surface area contributed by atoms with E-state index in [0.29, 0.717) is 12.4 Å². The summed E-state index contributed by atoms with van der Waals surface area (Å²) in [7, 11) is 3.50. The van der Waals surface area contributed by atoms with Gasteiger partial charge in [0.2, 0.25) is 0 Å². The van der Waals surface area contributed by atoms with Crippen LogP contribution in [0.4, 0.5) is 0 Å². The molecule has 0 bridgehead atoms. The Kier molecular flexibility index (Phi) is 4.10. The third kappa shape index (κ3) is 3.17. The second-order valence-electron chi connectivity index (χ2n) is 3.92. The van der Waals surface area contributed by atoms with Gasteiger partial charge in [0.15, 0.2) is 11.4 Å². The lowest BCUT2D eigenvalue weighted by atomic mass is 10.2. The number of nitrogens with zero attached hydrogens (tertiary/aromatic N) is 2. The van der Waals surface area contributed by atoms with Crippen LogP contribution in [0.2, 0.25) is 0 Å². The first kappa shape index (κ1) is 12.8. The lowest BCUT2D eigenvalue weighted by molar-refractivity contribution is 0.207. The van der Waals surface area contributed by atoms with Crippen molar-refractivity contribution >= 4 is 17.8 Å². The second kappa shape index (κ2) is 5.78. The lowest BCUT2D eigenvalue weighted by Gasteiger charge is -2.22. The van der Waals surface area contributed by atoms with Crippen molar-refractivity contribution in [3.63, 3.8) is 0 Å². The summed E-state index contributed by atoms with van der Waals surface area (Å²) < 4.78 is 10.7. The van der Waals surface area contributed by atoms with Crippen LogP contribution in [0.1, 0.15) is 5.56 Å². The Morgan fingerprint density at radius 3 is 2.67 bits per heavy atom. The maximum atomic E-state index is 5.90. The van der Waals surface area contributed by atoms with Gasteiger partial charge in [0, 0.05) is 13.2 Å². The molecule has 5 heteroatoms. The van der Waals surface area contributed by atoms with E-state index >= 15 is 0 Å². The van der Waals surface area contributed by atoms with E-state index < -0.39 is 0 Å². The van der Waals surface area contributed by atoms with Gasteiger partial charge in [-0.1, -0.05) is 23.7 Å². The number of rotatable bonds is 4. The molecule has 0 radical (unpaired) electrons. The molecule has 0 spiro atoms. The largest absolute Gasteiger partial charge is 0.497 e. The molecule has 0 saturated carbocycles. The van der Waals surface area contributed by atoms with Crippen LogP contribution in [-0.4, -0.2) is 30.9 Å². The van der Waals surface area contributed by atoms with E-state index in [1.54, 1.807) is 18.2 Å². The van der Waals surface area contributed by atoms with E-state index in [0.717, 1.165) is 11.3 Å². The highest BCUT2D eigenvalue weighted by atomic mass is 35.5. The highest BCUT2D eigenvalue weighted by molar-refractivity contribution is 6.20. The van der Waals surface area contributed by atoms with Crippen molar-refractivity contribution in [3.8, 4) is 5.75 Å². The van der Waals surface area contributed by atoms with Crippen molar-refractivity contribution < 1.29 is 9.47 Å². The minimum atomic E-state index is -0.349. The fraction of sp³-hybridized carbons (Fsp3) is 0.308. The van der Waals surface area contributed by atoms with Gasteiger partial charge in [-0.25, -0.2) is 4.99 Å². The number of hydrogen-bond acceptors (Lipinski definition) is 4. The summed E-state index contributed by atoms with van der Waals surface area (Å²) in [4.78, 5) is 5.87. The van der Waals surface area contributed by atoms with Gasteiger partial charge >= 0.3 is 0 Å². The molecule has 96 valence electrons. The van der Waals surface area contributed by atoms with Crippen LogP contribution in [0.3, 0.4) is 0 Å². The molecule has 2 rings (SSSR count). The van der Waals surface area contributed by atoms with Gasteiger partial charge in [-0.3, -0.25) is 0 Å². The minimum Gasteiger partial charge on any atom is -0.497 e. The summed E-state index contributed by atoms with van der Waals surface area (Å²) >= 11 is 5.90. The highest BCUT2D eigenvalue weighted by Gasteiger charge is 2.11. The minimum absolute atomic E-state index is 0.349. The molecule has 1 aliphatic heterocycles. The predicted molar refractivity (Wildman–Crippen MR) is 71.8 cm³/mol. The molecule has 0 aliphatic carbocycles. The Labute approximate surface area is 111 Å². The molecule has 1 atom stereocenters. The van der Waals surface area contributed by atoms with E-state index in [4.69, 9.17) is 21.1 Å². The Bertz CT molecular complexity index is 457. The van der Waals surface area contributed by atoms with Gasteiger partial charge in [0.05, 0.1) is 13.3 Å². The monoisotopic (exact) mass is 266 g/mol. The summed E-state index contributed by atoms with van der Waals surface area (Å²) in [5.74, 6) is 1.53. The third-order valence-electron chi connectivity index (χ3n) is 2.56. The highest BCUT2D eigenvalue weighted by Crippen LogP contribution is 2.15. The summed E-state index contributed by atoms with van der Waals surface area (Å²) in [6, 6.07) is 7.74. The number of ether oxygens (including phenoxy) is 2. The van der Waals surface area contributed by atoms with Gasteiger partial charge in [-0.2, -0.15) is 0 Å². The zero-order chi connectivity index (χ0) is 13.0. The van der Waals surface area contributed by atoms with Crippen LogP contribution < -0.4 is 4.74 Å². The van der Waals surface area contributed by atoms with Gasteiger partial charge in [-0.05, 0) is 17.7 Å². The molecule has 0 saturated heterocycles. The Morgan fingerprint density at radius 1 is 1.33 bits per heavy atom. The van der Waals surface area contributed by atoms with Crippen LogP contribution in [0, 0.1) is 0 Å². The first-order valence-corrected chi connectivity index (χ1v) is 5.99. The molecule has 0 aromatic heterocycles. The Morgan fingerprint density at radius 2 is 2.06 bits per heavy atom. The first-order valence-electron chi connectivity index (χ1n) is 5.56. The molecule has 4 nitrogen and oxygen atoms in total. The number of hydrogen-bond donors (Lipinski definition) is 0. The van der Waals surface area contributed by atoms with Crippen LogP contribution in [0.25, 0.3) is 0 Å². The number of methoxy groups -OCH3 is 1. The molecule has 0 fully saturated rings. The fourth-order valence-electron chi connectivity index (χ4n) is 1.50. The Hall–Kier alpha value is -1.68. The van der Waals surface area contributed by atoms with E-state index in [2.05, 4.69) is 4.99 Å². The van der Waals surface area contributed by atoms with Crippen LogP contribution in [-0.2, 0) is 11.3 Å². The summed E-state index contributed by atoms with van der Waals surface area (Å²) in [6.45, 7) is 0.489. The van der Waals surface area contributed by atoms with Crippen molar-refractivity contribution in [2.75, 3.05) is 14.2 Å². The standard InChI is InChI=1S/C13H15ClN2O2/c1-16-8-12(7-15-13(16)14)18-9-10-3-5-11(17-2)6-4-10/h3-8,13H,9H2,1-2H3. The van der Waals surface area contributed by atoms with Crippen molar-refractivity contribution in [2.24, 2.45) is 4.99 Å². The molecule has 18 heavy (non-hydrogen) atoms.